The normalized spacial score (nSPS) is 19.8. The molecule has 2 heterocycles. The summed E-state index contributed by atoms with van der Waals surface area (Å²) in [7, 11) is 4.15. The first-order valence-electron chi connectivity index (χ1n) is 7.02. The van der Waals surface area contributed by atoms with Crippen LogP contribution in [0.5, 0.6) is 0 Å². The van der Waals surface area contributed by atoms with E-state index >= 15 is 0 Å². The molecular formula is C14H23N3O2S. The van der Waals surface area contributed by atoms with Gasteiger partial charge in [-0.25, -0.2) is 9.78 Å². The Morgan fingerprint density at radius 1 is 1.60 bits per heavy atom. The number of carboxylic acid groups (broad SMARTS) is 1. The fourth-order valence-electron chi connectivity index (χ4n) is 2.67. The van der Waals surface area contributed by atoms with Crippen LogP contribution in [0.3, 0.4) is 0 Å². The van der Waals surface area contributed by atoms with Crippen molar-refractivity contribution in [3.63, 3.8) is 0 Å². The van der Waals surface area contributed by atoms with Gasteiger partial charge < -0.3 is 14.9 Å². The van der Waals surface area contributed by atoms with Crippen LogP contribution >= 0.6 is 11.3 Å². The SMILES string of the molecule is CC(C)c1nc(N(C)CC2CCN(C)C2)sc1C(=O)O. The van der Waals surface area contributed by atoms with Crippen LogP contribution in [0.25, 0.3) is 0 Å². The molecule has 112 valence electrons. The van der Waals surface area contributed by atoms with Crippen molar-refractivity contribution in [3.05, 3.63) is 10.6 Å². The first kappa shape index (κ1) is 15.3. The van der Waals surface area contributed by atoms with Crippen molar-refractivity contribution in [3.8, 4) is 0 Å². The molecule has 0 amide bonds. The van der Waals surface area contributed by atoms with Crippen LogP contribution < -0.4 is 4.90 Å². The monoisotopic (exact) mass is 297 g/mol. The van der Waals surface area contributed by atoms with Gasteiger partial charge >= 0.3 is 5.97 Å². The van der Waals surface area contributed by atoms with Gasteiger partial charge in [0.15, 0.2) is 5.13 Å². The highest BCUT2D eigenvalue weighted by Crippen LogP contribution is 2.31. The second-order valence-corrected chi connectivity index (χ2v) is 6.95. The Balaban J connectivity index is 2.11. The summed E-state index contributed by atoms with van der Waals surface area (Å²) in [5.41, 5.74) is 0.702. The number of aromatic carboxylic acids is 1. The number of thiazole rings is 1. The van der Waals surface area contributed by atoms with Crippen molar-refractivity contribution in [2.75, 3.05) is 38.6 Å². The smallest absolute Gasteiger partial charge is 0.347 e. The molecule has 5 nitrogen and oxygen atoms in total. The lowest BCUT2D eigenvalue weighted by atomic mass is 10.1. The average molecular weight is 297 g/mol. The predicted octanol–water partition coefficient (Wildman–Crippen LogP) is 2.35. The number of carboxylic acids is 1. The van der Waals surface area contributed by atoms with E-state index in [1.54, 1.807) is 0 Å². The van der Waals surface area contributed by atoms with E-state index in [-0.39, 0.29) is 5.92 Å². The van der Waals surface area contributed by atoms with E-state index in [2.05, 4.69) is 21.8 Å². The zero-order valence-corrected chi connectivity index (χ0v) is 13.4. The van der Waals surface area contributed by atoms with Crippen molar-refractivity contribution in [1.82, 2.24) is 9.88 Å². The fourth-order valence-corrected chi connectivity index (χ4v) is 3.70. The second-order valence-electron chi connectivity index (χ2n) is 5.97. The summed E-state index contributed by atoms with van der Waals surface area (Å²) in [6.45, 7) is 7.16. The highest BCUT2D eigenvalue weighted by atomic mass is 32.1. The quantitative estimate of drug-likeness (QED) is 0.904. The molecule has 0 aliphatic carbocycles. The lowest BCUT2D eigenvalue weighted by molar-refractivity contribution is 0.0700. The first-order chi connectivity index (χ1) is 9.38. The number of aromatic nitrogens is 1. The molecule has 1 N–H and O–H groups in total. The molecule has 1 aliphatic heterocycles. The molecular weight excluding hydrogens is 274 g/mol. The zero-order valence-electron chi connectivity index (χ0n) is 12.6. The van der Waals surface area contributed by atoms with Crippen LogP contribution in [0.15, 0.2) is 0 Å². The minimum atomic E-state index is -0.869. The maximum atomic E-state index is 11.3. The number of rotatable bonds is 5. The van der Waals surface area contributed by atoms with Gasteiger partial charge in [-0.3, -0.25) is 0 Å². The van der Waals surface area contributed by atoms with E-state index in [0.29, 0.717) is 16.5 Å². The number of anilines is 1. The molecule has 20 heavy (non-hydrogen) atoms. The summed E-state index contributed by atoms with van der Waals surface area (Å²) in [4.78, 5) is 20.7. The van der Waals surface area contributed by atoms with Gasteiger partial charge in [0.05, 0.1) is 5.69 Å². The molecule has 1 unspecified atom stereocenters. The lowest BCUT2D eigenvalue weighted by Crippen LogP contribution is -2.27. The average Bonchev–Trinajstić information content (AvgIpc) is 2.95. The Bertz CT molecular complexity index is 487. The van der Waals surface area contributed by atoms with Gasteiger partial charge in [0, 0.05) is 20.1 Å². The van der Waals surface area contributed by atoms with E-state index in [1.165, 1.54) is 17.8 Å². The summed E-state index contributed by atoms with van der Waals surface area (Å²) in [6, 6.07) is 0. The predicted molar refractivity (Wildman–Crippen MR) is 82.0 cm³/mol. The van der Waals surface area contributed by atoms with Crippen molar-refractivity contribution in [1.29, 1.82) is 0 Å². The first-order valence-corrected chi connectivity index (χ1v) is 7.83. The Morgan fingerprint density at radius 2 is 2.30 bits per heavy atom. The van der Waals surface area contributed by atoms with Gasteiger partial charge in [0.2, 0.25) is 0 Å². The van der Waals surface area contributed by atoms with Gasteiger partial charge in [-0.05, 0) is 31.8 Å². The van der Waals surface area contributed by atoms with E-state index < -0.39 is 5.97 Å². The van der Waals surface area contributed by atoms with Gasteiger partial charge in [0.25, 0.3) is 0 Å². The Kier molecular flexibility index (Phi) is 4.65. The molecule has 1 fully saturated rings. The molecule has 0 aromatic carbocycles. The van der Waals surface area contributed by atoms with Gasteiger partial charge in [-0.15, -0.1) is 0 Å². The zero-order chi connectivity index (χ0) is 14.9. The largest absolute Gasteiger partial charge is 0.477 e. The summed E-state index contributed by atoms with van der Waals surface area (Å²) >= 11 is 1.29. The lowest BCUT2D eigenvalue weighted by Gasteiger charge is -2.20. The number of carbonyl (C=O) groups is 1. The Labute approximate surface area is 124 Å². The molecule has 2 rings (SSSR count). The van der Waals surface area contributed by atoms with Crippen molar-refractivity contribution < 1.29 is 9.90 Å². The molecule has 0 radical (unpaired) electrons. The number of hydrogen-bond donors (Lipinski definition) is 1. The van der Waals surface area contributed by atoms with Crippen molar-refractivity contribution in [2.24, 2.45) is 5.92 Å². The Hall–Kier alpha value is -1.14. The number of hydrogen-bond acceptors (Lipinski definition) is 5. The molecule has 1 aliphatic rings. The van der Waals surface area contributed by atoms with Gasteiger partial charge in [-0.1, -0.05) is 25.2 Å². The third kappa shape index (κ3) is 3.30. The summed E-state index contributed by atoms with van der Waals surface area (Å²) in [6.07, 6.45) is 1.20. The molecule has 1 saturated heterocycles. The van der Waals surface area contributed by atoms with Gasteiger partial charge in [-0.2, -0.15) is 0 Å². The standard InChI is InChI=1S/C14H23N3O2S/c1-9(2)11-12(13(18)19)20-14(15-11)17(4)8-10-5-6-16(3)7-10/h9-10H,5-8H2,1-4H3,(H,18,19). The summed E-state index contributed by atoms with van der Waals surface area (Å²) in [5, 5.41) is 10.1. The van der Waals surface area contributed by atoms with Crippen LogP contribution in [-0.4, -0.2) is 54.7 Å². The summed E-state index contributed by atoms with van der Waals surface area (Å²) in [5.74, 6) is -0.0896. The van der Waals surface area contributed by atoms with Crippen molar-refractivity contribution >= 4 is 22.4 Å². The molecule has 1 atom stereocenters. The summed E-state index contributed by atoms with van der Waals surface area (Å²) < 4.78 is 0. The maximum Gasteiger partial charge on any atom is 0.347 e. The van der Waals surface area contributed by atoms with E-state index in [9.17, 15) is 9.90 Å². The van der Waals surface area contributed by atoms with Crippen LogP contribution in [0.4, 0.5) is 5.13 Å². The fraction of sp³-hybridized carbons (Fsp3) is 0.714. The van der Waals surface area contributed by atoms with Crippen LogP contribution in [0, 0.1) is 5.92 Å². The highest BCUT2D eigenvalue weighted by Gasteiger charge is 2.24. The minimum absolute atomic E-state index is 0.136. The molecule has 1 aromatic rings. The number of likely N-dealkylation sites (tertiary alicyclic amines) is 1. The van der Waals surface area contributed by atoms with Crippen LogP contribution in [-0.2, 0) is 0 Å². The Morgan fingerprint density at radius 3 is 2.75 bits per heavy atom. The molecule has 1 aromatic heterocycles. The number of nitrogens with zero attached hydrogens (tertiary/aromatic N) is 3. The minimum Gasteiger partial charge on any atom is -0.477 e. The molecule has 0 saturated carbocycles. The highest BCUT2D eigenvalue weighted by molar-refractivity contribution is 7.17. The van der Waals surface area contributed by atoms with Crippen LogP contribution in [0.2, 0.25) is 0 Å². The van der Waals surface area contributed by atoms with E-state index in [1.807, 2.05) is 20.9 Å². The third-order valence-electron chi connectivity index (χ3n) is 3.73. The van der Waals surface area contributed by atoms with E-state index in [0.717, 1.165) is 24.8 Å². The van der Waals surface area contributed by atoms with Crippen LogP contribution in [0.1, 0.15) is 41.6 Å². The molecule has 0 bridgehead atoms. The topological polar surface area (TPSA) is 56.7 Å². The van der Waals surface area contributed by atoms with Crippen molar-refractivity contribution in [2.45, 2.75) is 26.2 Å². The maximum absolute atomic E-state index is 11.3. The van der Waals surface area contributed by atoms with E-state index in [4.69, 9.17) is 0 Å². The molecule has 0 spiro atoms. The molecule has 6 heteroatoms. The van der Waals surface area contributed by atoms with Gasteiger partial charge in [0.1, 0.15) is 4.88 Å². The third-order valence-corrected chi connectivity index (χ3v) is 4.90. The second kappa shape index (κ2) is 6.10.